The molecule has 0 radical (unpaired) electrons. The standard InChI is InChI=1S/C11H13F3N4/c1-10(2,3)7-4-8(15)17-9-6(11(12,13)14)5-16-18(7)9/h4-5H,1-3H3,(H2,15,17). The number of alkyl halides is 3. The van der Waals surface area contributed by atoms with Gasteiger partial charge < -0.3 is 5.73 Å². The van der Waals surface area contributed by atoms with E-state index in [9.17, 15) is 13.2 Å². The Bertz CT molecular complexity index is 593. The summed E-state index contributed by atoms with van der Waals surface area (Å²) < 4.78 is 39.5. The monoisotopic (exact) mass is 258 g/mol. The van der Waals surface area contributed by atoms with Gasteiger partial charge in [0.2, 0.25) is 0 Å². The number of hydrogen-bond acceptors (Lipinski definition) is 3. The van der Waals surface area contributed by atoms with E-state index in [1.807, 2.05) is 20.8 Å². The third-order valence-electron chi connectivity index (χ3n) is 2.57. The van der Waals surface area contributed by atoms with E-state index in [1.54, 1.807) is 6.07 Å². The van der Waals surface area contributed by atoms with Gasteiger partial charge in [0.1, 0.15) is 11.4 Å². The molecule has 98 valence electrons. The van der Waals surface area contributed by atoms with Gasteiger partial charge >= 0.3 is 6.18 Å². The van der Waals surface area contributed by atoms with Crippen LogP contribution in [0.2, 0.25) is 0 Å². The van der Waals surface area contributed by atoms with Crippen LogP contribution in [-0.2, 0) is 11.6 Å². The molecule has 0 fully saturated rings. The molecule has 0 aliphatic rings. The van der Waals surface area contributed by atoms with Gasteiger partial charge in [-0.15, -0.1) is 0 Å². The van der Waals surface area contributed by atoms with E-state index in [2.05, 4.69) is 10.1 Å². The first-order chi connectivity index (χ1) is 8.10. The van der Waals surface area contributed by atoms with Crippen LogP contribution in [0.25, 0.3) is 5.65 Å². The van der Waals surface area contributed by atoms with Crippen LogP contribution in [0.5, 0.6) is 0 Å². The number of nitrogens with two attached hydrogens (primary N) is 1. The number of aromatic nitrogens is 3. The minimum Gasteiger partial charge on any atom is -0.384 e. The second kappa shape index (κ2) is 3.60. The summed E-state index contributed by atoms with van der Waals surface area (Å²) in [6.45, 7) is 5.61. The molecule has 4 nitrogen and oxygen atoms in total. The molecule has 2 heterocycles. The van der Waals surface area contributed by atoms with E-state index in [0.29, 0.717) is 5.69 Å². The van der Waals surface area contributed by atoms with Crippen molar-refractivity contribution in [2.45, 2.75) is 32.4 Å². The average Bonchev–Trinajstić information content (AvgIpc) is 2.57. The lowest BCUT2D eigenvalue weighted by molar-refractivity contribution is -0.136. The Balaban J connectivity index is 2.82. The van der Waals surface area contributed by atoms with Gasteiger partial charge in [0.15, 0.2) is 5.65 Å². The first-order valence-electron chi connectivity index (χ1n) is 5.32. The minimum atomic E-state index is -4.49. The third-order valence-corrected chi connectivity index (χ3v) is 2.57. The number of nitrogen functional groups attached to an aromatic ring is 1. The maximum Gasteiger partial charge on any atom is 0.421 e. The first kappa shape index (κ1) is 12.7. The Hall–Kier alpha value is -1.79. The molecule has 0 amide bonds. The third kappa shape index (κ3) is 2.00. The Labute approximate surface area is 102 Å². The van der Waals surface area contributed by atoms with Crippen molar-refractivity contribution in [2.24, 2.45) is 0 Å². The van der Waals surface area contributed by atoms with Crippen molar-refractivity contribution in [3.8, 4) is 0 Å². The fourth-order valence-corrected chi connectivity index (χ4v) is 1.72. The van der Waals surface area contributed by atoms with Crippen molar-refractivity contribution in [1.82, 2.24) is 14.6 Å². The molecule has 0 bridgehead atoms. The second-order valence-corrected chi connectivity index (χ2v) is 5.11. The molecule has 7 heteroatoms. The van der Waals surface area contributed by atoms with Gasteiger partial charge in [-0.2, -0.15) is 18.3 Å². The van der Waals surface area contributed by atoms with E-state index in [4.69, 9.17) is 5.73 Å². The molecule has 2 N–H and O–H groups in total. The molecular formula is C11H13F3N4. The highest BCUT2D eigenvalue weighted by atomic mass is 19.4. The highest BCUT2D eigenvalue weighted by molar-refractivity contribution is 5.54. The van der Waals surface area contributed by atoms with Gasteiger partial charge in [-0.3, -0.25) is 0 Å². The SMILES string of the molecule is CC(C)(C)c1cc(N)nc2c(C(F)(F)F)cnn12. The molecule has 2 aromatic rings. The smallest absolute Gasteiger partial charge is 0.384 e. The summed E-state index contributed by atoms with van der Waals surface area (Å²) in [5.74, 6) is 0.0541. The predicted molar refractivity (Wildman–Crippen MR) is 61.1 cm³/mol. The number of nitrogens with zero attached hydrogens (tertiary/aromatic N) is 3. The summed E-state index contributed by atoms with van der Waals surface area (Å²) in [6.07, 6.45) is -3.71. The average molecular weight is 258 g/mol. The molecule has 18 heavy (non-hydrogen) atoms. The van der Waals surface area contributed by atoms with Crippen LogP contribution in [0.4, 0.5) is 19.0 Å². The quantitative estimate of drug-likeness (QED) is 0.790. The molecule has 0 spiro atoms. The zero-order valence-corrected chi connectivity index (χ0v) is 10.2. The van der Waals surface area contributed by atoms with Gasteiger partial charge in [-0.05, 0) is 0 Å². The maximum absolute atomic E-state index is 12.8. The maximum atomic E-state index is 12.8. The van der Waals surface area contributed by atoms with Crippen molar-refractivity contribution in [3.63, 3.8) is 0 Å². The lowest BCUT2D eigenvalue weighted by Gasteiger charge is -2.20. The van der Waals surface area contributed by atoms with Crippen molar-refractivity contribution in [1.29, 1.82) is 0 Å². The van der Waals surface area contributed by atoms with Gasteiger partial charge in [-0.1, -0.05) is 20.8 Å². The Morgan fingerprint density at radius 3 is 2.33 bits per heavy atom. The van der Waals surface area contributed by atoms with Gasteiger partial charge in [0.05, 0.1) is 11.9 Å². The molecule has 0 atom stereocenters. The lowest BCUT2D eigenvalue weighted by atomic mass is 9.92. The number of anilines is 1. The van der Waals surface area contributed by atoms with E-state index < -0.39 is 11.7 Å². The fourth-order valence-electron chi connectivity index (χ4n) is 1.72. The summed E-state index contributed by atoms with van der Waals surface area (Å²) in [5, 5.41) is 3.77. The van der Waals surface area contributed by atoms with Crippen molar-refractivity contribution < 1.29 is 13.2 Å². The van der Waals surface area contributed by atoms with Crippen molar-refractivity contribution in [3.05, 3.63) is 23.5 Å². The first-order valence-corrected chi connectivity index (χ1v) is 5.32. The molecule has 0 aliphatic heterocycles. The zero-order valence-electron chi connectivity index (χ0n) is 10.2. The van der Waals surface area contributed by atoms with Gasteiger partial charge in [-0.25, -0.2) is 9.50 Å². The fraction of sp³-hybridized carbons (Fsp3) is 0.455. The molecule has 2 aromatic heterocycles. The summed E-state index contributed by atoms with van der Waals surface area (Å²) in [4.78, 5) is 3.73. The summed E-state index contributed by atoms with van der Waals surface area (Å²) in [5.41, 5.74) is 4.64. The highest BCUT2D eigenvalue weighted by Crippen LogP contribution is 2.33. The Morgan fingerprint density at radius 1 is 1.22 bits per heavy atom. The summed E-state index contributed by atoms with van der Waals surface area (Å²) in [7, 11) is 0. The van der Waals surface area contributed by atoms with Crippen molar-refractivity contribution >= 4 is 11.5 Å². The minimum absolute atomic E-state index is 0.0541. The van der Waals surface area contributed by atoms with Crippen LogP contribution in [0.15, 0.2) is 12.3 Å². The predicted octanol–water partition coefficient (Wildman–Crippen LogP) is 2.63. The molecule has 0 saturated heterocycles. The lowest BCUT2D eigenvalue weighted by Crippen LogP contribution is -2.18. The number of fused-ring (bicyclic) bond motifs is 1. The number of rotatable bonds is 0. The Kier molecular flexibility index (Phi) is 2.53. The molecule has 0 unspecified atom stereocenters. The van der Waals surface area contributed by atoms with Gasteiger partial charge in [0.25, 0.3) is 0 Å². The van der Waals surface area contributed by atoms with Crippen LogP contribution in [0, 0.1) is 0 Å². The van der Waals surface area contributed by atoms with E-state index in [-0.39, 0.29) is 16.9 Å². The summed E-state index contributed by atoms with van der Waals surface area (Å²) >= 11 is 0. The van der Waals surface area contributed by atoms with E-state index in [0.717, 1.165) is 6.20 Å². The van der Waals surface area contributed by atoms with Crippen LogP contribution >= 0.6 is 0 Å². The molecular weight excluding hydrogens is 245 g/mol. The zero-order chi connectivity index (χ0) is 13.7. The summed E-state index contributed by atoms with van der Waals surface area (Å²) in [6, 6.07) is 1.54. The second-order valence-electron chi connectivity index (χ2n) is 5.11. The van der Waals surface area contributed by atoms with Crippen LogP contribution < -0.4 is 5.73 Å². The van der Waals surface area contributed by atoms with E-state index >= 15 is 0 Å². The largest absolute Gasteiger partial charge is 0.421 e. The number of hydrogen-bond donors (Lipinski definition) is 1. The Morgan fingerprint density at radius 2 is 1.83 bits per heavy atom. The topological polar surface area (TPSA) is 56.2 Å². The molecule has 0 aromatic carbocycles. The number of halogens is 3. The normalized spacial score (nSPS) is 13.2. The van der Waals surface area contributed by atoms with Crippen LogP contribution in [0.3, 0.4) is 0 Å². The van der Waals surface area contributed by atoms with Crippen LogP contribution in [-0.4, -0.2) is 14.6 Å². The van der Waals surface area contributed by atoms with Crippen LogP contribution in [0.1, 0.15) is 32.0 Å². The molecule has 2 rings (SSSR count). The molecule has 0 saturated carbocycles. The van der Waals surface area contributed by atoms with Crippen molar-refractivity contribution in [2.75, 3.05) is 5.73 Å². The highest BCUT2D eigenvalue weighted by Gasteiger charge is 2.36. The van der Waals surface area contributed by atoms with E-state index in [1.165, 1.54) is 4.52 Å². The van der Waals surface area contributed by atoms with Gasteiger partial charge in [0, 0.05) is 11.5 Å². The molecule has 0 aliphatic carbocycles.